The van der Waals surface area contributed by atoms with Gasteiger partial charge in [-0.3, -0.25) is 0 Å². The van der Waals surface area contributed by atoms with Crippen LogP contribution >= 0.6 is 0 Å². The highest BCUT2D eigenvalue weighted by molar-refractivity contribution is 5.89. The summed E-state index contributed by atoms with van der Waals surface area (Å²) >= 11 is 0. The van der Waals surface area contributed by atoms with Gasteiger partial charge in [-0.1, -0.05) is 12.7 Å². The smallest absolute Gasteiger partial charge is 0.348 e. The normalized spacial score (nSPS) is 19.1. The van der Waals surface area contributed by atoms with Crippen LogP contribution in [0.15, 0.2) is 24.3 Å². The molecule has 0 aliphatic heterocycles. The van der Waals surface area contributed by atoms with Gasteiger partial charge in [-0.25, -0.2) is 9.59 Å². The number of rotatable bonds is 5. The molecule has 4 heteroatoms. The molecule has 0 radical (unpaired) electrons. The number of ether oxygens (including phenoxy) is 2. The standard InChI is InChI=1S/C15H22O4/c1-5-8-15(9-6-7-10-15)19-14(17)12(4)18-13(16)11(2)3/h5,8,12H,2,6-7,9-10H2,1,3-4H3/b8-5+. The number of esters is 2. The minimum Gasteiger partial charge on any atom is -0.452 e. The lowest BCUT2D eigenvalue weighted by atomic mass is 10.0. The van der Waals surface area contributed by atoms with E-state index >= 15 is 0 Å². The van der Waals surface area contributed by atoms with E-state index in [0.717, 1.165) is 25.7 Å². The minimum absolute atomic E-state index is 0.267. The van der Waals surface area contributed by atoms with Crippen LogP contribution in [-0.2, 0) is 19.1 Å². The molecule has 0 bridgehead atoms. The Hall–Kier alpha value is -1.58. The molecule has 1 saturated carbocycles. The van der Waals surface area contributed by atoms with Gasteiger partial charge in [0.2, 0.25) is 0 Å². The average Bonchev–Trinajstić information content (AvgIpc) is 2.77. The van der Waals surface area contributed by atoms with Crippen molar-refractivity contribution < 1.29 is 19.1 Å². The van der Waals surface area contributed by atoms with E-state index in [1.165, 1.54) is 6.92 Å². The first-order valence-electron chi connectivity index (χ1n) is 6.63. The third kappa shape index (κ3) is 4.23. The summed E-state index contributed by atoms with van der Waals surface area (Å²) in [6, 6.07) is 0. The topological polar surface area (TPSA) is 52.6 Å². The maximum absolute atomic E-state index is 12.0. The third-order valence-electron chi connectivity index (χ3n) is 3.19. The van der Waals surface area contributed by atoms with E-state index in [2.05, 4.69) is 6.58 Å². The van der Waals surface area contributed by atoms with Crippen LogP contribution in [0.5, 0.6) is 0 Å². The van der Waals surface area contributed by atoms with Crippen molar-refractivity contribution >= 4 is 11.9 Å². The van der Waals surface area contributed by atoms with Gasteiger partial charge in [0, 0.05) is 5.57 Å². The van der Waals surface area contributed by atoms with E-state index in [4.69, 9.17) is 9.47 Å². The number of hydrogen-bond acceptors (Lipinski definition) is 4. The molecule has 4 nitrogen and oxygen atoms in total. The van der Waals surface area contributed by atoms with Gasteiger partial charge < -0.3 is 9.47 Å². The van der Waals surface area contributed by atoms with Crippen LogP contribution in [0.1, 0.15) is 46.5 Å². The summed E-state index contributed by atoms with van der Waals surface area (Å²) in [6.45, 7) is 8.43. The minimum atomic E-state index is -0.910. The Morgan fingerprint density at radius 1 is 1.32 bits per heavy atom. The van der Waals surface area contributed by atoms with Crippen molar-refractivity contribution in [3.63, 3.8) is 0 Å². The Labute approximate surface area is 114 Å². The maximum Gasteiger partial charge on any atom is 0.348 e. The highest BCUT2D eigenvalue weighted by Crippen LogP contribution is 2.35. The Bertz CT molecular complexity index is 389. The zero-order valence-electron chi connectivity index (χ0n) is 11.9. The summed E-state index contributed by atoms with van der Waals surface area (Å²) in [6.07, 6.45) is 6.63. The van der Waals surface area contributed by atoms with E-state index in [1.54, 1.807) is 6.92 Å². The van der Waals surface area contributed by atoms with Crippen molar-refractivity contribution in [1.29, 1.82) is 0 Å². The fourth-order valence-electron chi connectivity index (χ4n) is 2.17. The molecule has 0 N–H and O–H groups in total. The van der Waals surface area contributed by atoms with Crippen molar-refractivity contribution in [2.45, 2.75) is 58.2 Å². The van der Waals surface area contributed by atoms with Gasteiger partial charge in [-0.15, -0.1) is 0 Å². The molecule has 1 aliphatic carbocycles. The molecule has 1 fully saturated rings. The van der Waals surface area contributed by atoms with Crippen LogP contribution in [0.3, 0.4) is 0 Å². The van der Waals surface area contributed by atoms with Crippen molar-refractivity contribution in [2.24, 2.45) is 0 Å². The van der Waals surface area contributed by atoms with E-state index < -0.39 is 23.6 Å². The predicted octanol–water partition coefficient (Wildman–Crippen LogP) is 2.93. The second-order valence-electron chi connectivity index (χ2n) is 5.02. The molecule has 106 valence electrons. The molecule has 0 spiro atoms. The fourth-order valence-corrected chi connectivity index (χ4v) is 2.17. The molecule has 0 aromatic rings. The highest BCUT2D eigenvalue weighted by atomic mass is 16.6. The van der Waals surface area contributed by atoms with Gasteiger partial charge in [-0.2, -0.15) is 0 Å². The Morgan fingerprint density at radius 3 is 2.37 bits per heavy atom. The predicted molar refractivity (Wildman–Crippen MR) is 72.5 cm³/mol. The zero-order chi connectivity index (χ0) is 14.5. The molecule has 1 atom stereocenters. The van der Waals surface area contributed by atoms with Crippen molar-refractivity contribution in [1.82, 2.24) is 0 Å². The Morgan fingerprint density at radius 2 is 1.89 bits per heavy atom. The quantitative estimate of drug-likeness (QED) is 0.436. The molecule has 0 heterocycles. The van der Waals surface area contributed by atoms with Gasteiger partial charge in [0.25, 0.3) is 0 Å². The largest absolute Gasteiger partial charge is 0.452 e. The number of hydrogen-bond donors (Lipinski definition) is 0. The van der Waals surface area contributed by atoms with E-state index in [-0.39, 0.29) is 5.57 Å². The SMILES string of the molecule is C=C(C)C(=O)OC(C)C(=O)OC1(/C=C/C)CCCC1. The molecule has 1 rings (SSSR count). The maximum atomic E-state index is 12.0. The van der Waals surface area contributed by atoms with Crippen LogP contribution < -0.4 is 0 Å². The monoisotopic (exact) mass is 266 g/mol. The van der Waals surface area contributed by atoms with E-state index in [0.29, 0.717) is 0 Å². The number of allylic oxidation sites excluding steroid dienone is 1. The lowest BCUT2D eigenvalue weighted by molar-refractivity contribution is -0.172. The average molecular weight is 266 g/mol. The molecule has 0 amide bonds. The zero-order valence-corrected chi connectivity index (χ0v) is 11.9. The van der Waals surface area contributed by atoms with Crippen LogP contribution in [0, 0.1) is 0 Å². The van der Waals surface area contributed by atoms with Gasteiger partial charge in [0.15, 0.2) is 6.10 Å². The molecule has 1 unspecified atom stereocenters. The van der Waals surface area contributed by atoms with Crippen molar-refractivity contribution in [3.8, 4) is 0 Å². The summed E-state index contributed by atoms with van der Waals surface area (Å²) in [7, 11) is 0. The second-order valence-corrected chi connectivity index (χ2v) is 5.02. The lowest BCUT2D eigenvalue weighted by Crippen LogP contribution is -2.36. The second kappa shape index (κ2) is 6.55. The van der Waals surface area contributed by atoms with Crippen LogP contribution in [-0.4, -0.2) is 23.6 Å². The molecule has 1 aliphatic rings. The van der Waals surface area contributed by atoms with Gasteiger partial charge in [-0.05, 0) is 52.5 Å². The lowest BCUT2D eigenvalue weighted by Gasteiger charge is -2.27. The summed E-state index contributed by atoms with van der Waals surface area (Å²) in [5, 5.41) is 0. The van der Waals surface area contributed by atoms with Gasteiger partial charge >= 0.3 is 11.9 Å². The first-order valence-corrected chi connectivity index (χ1v) is 6.63. The van der Waals surface area contributed by atoms with Crippen molar-refractivity contribution in [2.75, 3.05) is 0 Å². The van der Waals surface area contributed by atoms with Crippen LogP contribution in [0.4, 0.5) is 0 Å². The van der Waals surface area contributed by atoms with Crippen LogP contribution in [0.25, 0.3) is 0 Å². The molecule has 19 heavy (non-hydrogen) atoms. The van der Waals surface area contributed by atoms with Gasteiger partial charge in [0.1, 0.15) is 5.60 Å². The first kappa shape index (κ1) is 15.5. The van der Waals surface area contributed by atoms with E-state index in [9.17, 15) is 9.59 Å². The molecule has 0 aromatic heterocycles. The third-order valence-corrected chi connectivity index (χ3v) is 3.19. The molecule has 0 saturated heterocycles. The molecule has 0 aromatic carbocycles. The summed E-state index contributed by atoms with van der Waals surface area (Å²) < 4.78 is 10.5. The van der Waals surface area contributed by atoms with Crippen molar-refractivity contribution in [3.05, 3.63) is 24.3 Å². The first-order chi connectivity index (χ1) is 8.90. The number of carbonyl (C=O) groups is 2. The Kier molecular flexibility index (Phi) is 5.33. The van der Waals surface area contributed by atoms with E-state index in [1.807, 2.05) is 19.1 Å². The number of carbonyl (C=O) groups excluding carboxylic acids is 2. The summed E-state index contributed by atoms with van der Waals surface area (Å²) in [5.41, 5.74) is -0.251. The van der Waals surface area contributed by atoms with Gasteiger partial charge in [0.05, 0.1) is 0 Å². The highest BCUT2D eigenvalue weighted by Gasteiger charge is 2.36. The summed E-state index contributed by atoms with van der Waals surface area (Å²) in [4.78, 5) is 23.3. The molecular formula is C15H22O4. The van der Waals surface area contributed by atoms with Crippen LogP contribution in [0.2, 0.25) is 0 Å². The molecular weight excluding hydrogens is 244 g/mol. The summed E-state index contributed by atoms with van der Waals surface area (Å²) in [5.74, 6) is -1.08. The Balaban J connectivity index is 2.62. The fraction of sp³-hybridized carbons (Fsp3) is 0.600.